The lowest BCUT2D eigenvalue weighted by Crippen LogP contribution is -2.58. The summed E-state index contributed by atoms with van der Waals surface area (Å²) in [5, 5.41) is 26.5. The van der Waals surface area contributed by atoms with Crippen LogP contribution in [-0.2, 0) is 0 Å². The highest BCUT2D eigenvalue weighted by Crippen LogP contribution is 2.32. The maximum absolute atomic E-state index is 12.1. The topological polar surface area (TPSA) is 114 Å². The Morgan fingerprint density at radius 2 is 2.00 bits per heavy atom. The van der Waals surface area contributed by atoms with Gasteiger partial charge in [0.1, 0.15) is 11.9 Å². The van der Waals surface area contributed by atoms with Crippen LogP contribution in [0.25, 0.3) is 0 Å². The number of carboxylic acid groups (broad SMARTS) is 1. The van der Waals surface area contributed by atoms with Gasteiger partial charge in [-0.2, -0.15) is 5.26 Å². The van der Waals surface area contributed by atoms with E-state index < -0.39 is 11.6 Å². The normalized spacial score (nSPS) is 18.5. The summed E-state index contributed by atoms with van der Waals surface area (Å²) in [7, 11) is 0. The molecule has 170 valence electrons. The predicted octanol–water partition coefficient (Wildman–Crippen LogP) is 5.56. The first-order valence-electron chi connectivity index (χ1n) is 10.7. The van der Waals surface area contributed by atoms with Crippen LogP contribution in [0, 0.1) is 18.3 Å². The number of hydrogen-bond acceptors (Lipinski definition) is 6. The van der Waals surface area contributed by atoms with Gasteiger partial charge in [-0.3, -0.25) is 4.90 Å². The van der Waals surface area contributed by atoms with Gasteiger partial charge >= 0.3 is 6.09 Å². The van der Waals surface area contributed by atoms with Gasteiger partial charge in [0, 0.05) is 22.3 Å². The molecule has 9 heteroatoms. The molecule has 1 saturated carbocycles. The molecule has 2 aromatic heterocycles. The largest absolute Gasteiger partial charge is 0.465 e. The van der Waals surface area contributed by atoms with Crippen LogP contribution in [0.1, 0.15) is 57.8 Å². The van der Waals surface area contributed by atoms with Crippen LogP contribution in [-0.4, -0.2) is 43.7 Å². The van der Waals surface area contributed by atoms with Crippen molar-refractivity contribution < 1.29 is 9.90 Å². The van der Waals surface area contributed by atoms with Gasteiger partial charge < -0.3 is 15.7 Å². The first kappa shape index (κ1) is 23.6. The highest BCUT2D eigenvalue weighted by Gasteiger charge is 2.39. The van der Waals surface area contributed by atoms with Crippen LogP contribution in [0.15, 0.2) is 24.4 Å². The van der Waals surface area contributed by atoms with Gasteiger partial charge in [0.15, 0.2) is 5.69 Å². The molecule has 2 heterocycles. The third kappa shape index (κ3) is 5.60. The lowest BCUT2D eigenvalue weighted by atomic mass is 9.86. The van der Waals surface area contributed by atoms with E-state index in [9.17, 15) is 15.2 Å². The van der Waals surface area contributed by atoms with Gasteiger partial charge in [-0.25, -0.2) is 14.8 Å². The molecular weight excluding hydrogens is 428 g/mol. The third-order valence-corrected chi connectivity index (χ3v) is 5.73. The number of pyridine rings is 2. The summed E-state index contributed by atoms with van der Waals surface area (Å²) in [6.07, 6.45) is 4.34. The molecule has 3 rings (SSSR count). The fourth-order valence-corrected chi connectivity index (χ4v) is 4.55. The summed E-state index contributed by atoms with van der Waals surface area (Å²) in [4.78, 5) is 22.3. The summed E-state index contributed by atoms with van der Waals surface area (Å²) in [6.45, 7) is 7.58. The molecule has 2 atom stereocenters. The molecule has 0 aromatic carbocycles. The predicted molar refractivity (Wildman–Crippen MR) is 126 cm³/mol. The van der Waals surface area contributed by atoms with Crippen molar-refractivity contribution in [2.24, 2.45) is 0 Å². The summed E-state index contributed by atoms with van der Waals surface area (Å²) in [5.41, 5.74) is 1.68. The van der Waals surface area contributed by atoms with Gasteiger partial charge in [-0.1, -0.05) is 24.4 Å². The van der Waals surface area contributed by atoms with E-state index in [2.05, 4.69) is 26.7 Å². The Bertz CT molecular complexity index is 1010. The van der Waals surface area contributed by atoms with Crippen molar-refractivity contribution in [3.8, 4) is 6.07 Å². The minimum absolute atomic E-state index is 0.0619. The van der Waals surface area contributed by atoms with E-state index in [4.69, 9.17) is 11.6 Å². The molecule has 2 aromatic rings. The number of carbonyl (C=O) groups is 1. The quantitative estimate of drug-likeness (QED) is 0.539. The number of nitriles is 1. The summed E-state index contributed by atoms with van der Waals surface area (Å²) in [5.74, 6) is 0.519. The number of nitrogens with zero attached hydrogens (tertiary/aromatic N) is 4. The minimum atomic E-state index is -0.918. The van der Waals surface area contributed by atoms with Gasteiger partial charge in [0.05, 0.1) is 23.6 Å². The van der Waals surface area contributed by atoms with Crippen molar-refractivity contribution in [3.63, 3.8) is 0 Å². The monoisotopic (exact) mass is 456 g/mol. The molecule has 0 unspecified atom stereocenters. The maximum atomic E-state index is 12.1. The molecule has 32 heavy (non-hydrogen) atoms. The number of halogens is 1. The Morgan fingerprint density at radius 3 is 2.62 bits per heavy atom. The number of aryl methyl sites for hydroxylation is 1. The van der Waals surface area contributed by atoms with Crippen molar-refractivity contribution in [1.82, 2.24) is 14.9 Å². The lowest BCUT2D eigenvalue weighted by molar-refractivity contribution is 0.0520. The second kappa shape index (κ2) is 9.61. The Morgan fingerprint density at radius 1 is 1.28 bits per heavy atom. The summed E-state index contributed by atoms with van der Waals surface area (Å²) < 4.78 is 0. The van der Waals surface area contributed by atoms with Crippen LogP contribution < -0.4 is 10.6 Å². The second-order valence-corrected chi connectivity index (χ2v) is 9.53. The van der Waals surface area contributed by atoms with E-state index in [0.29, 0.717) is 22.2 Å². The van der Waals surface area contributed by atoms with E-state index in [1.54, 1.807) is 29.3 Å². The molecular formula is C23H29ClN6O2. The molecule has 0 aliphatic heterocycles. The second-order valence-electron chi connectivity index (χ2n) is 9.09. The molecule has 1 aliphatic rings. The van der Waals surface area contributed by atoms with Crippen LogP contribution in [0.5, 0.6) is 0 Å². The van der Waals surface area contributed by atoms with Crippen molar-refractivity contribution >= 4 is 34.9 Å². The molecule has 0 radical (unpaired) electrons. The molecule has 1 amide bonds. The smallest absolute Gasteiger partial charge is 0.408 e. The average Bonchev–Trinajstić information content (AvgIpc) is 2.67. The zero-order chi connectivity index (χ0) is 23.5. The number of aromatic nitrogens is 2. The molecule has 0 spiro atoms. The maximum Gasteiger partial charge on any atom is 0.408 e. The van der Waals surface area contributed by atoms with Crippen molar-refractivity contribution in [2.75, 3.05) is 10.6 Å². The standard InChI is InChI=1S/C23H29ClN6O2/c1-14-9-15(24)10-21(27-14)29-18-11-16(13-26-19(18)12-25)28-17-7-5-6-8-20(17)30(22(31)32)23(2,3)4/h9-11,13,17,20,28H,5-8H2,1-4H3,(H,27,29)(H,31,32)/t17-,20+/m1/s1. The summed E-state index contributed by atoms with van der Waals surface area (Å²) in [6, 6.07) is 7.10. The average molecular weight is 457 g/mol. The van der Waals surface area contributed by atoms with E-state index in [1.807, 2.05) is 27.7 Å². The van der Waals surface area contributed by atoms with Gasteiger partial charge in [-0.05, 0) is 58.7 Å². The Labute approximate surface area is 193 Å². The first-order chi connectivity index (χ1) is 15.1. The molecule has 8 nitrogen and oxygen atoms in total. The van der Waals surface area contributed by atoms with Crippen molar-refractivity contribution in [3.05, 3.63) is 40.8 Å². The van der Waals surface area contributed by atoms with Crippen molar-refractivity contribution in [2.45, 2.75) is 71.0 Å². The van der Waals surface area contributed by atoms with Gasteiger partial charge in [-0.15, -0.1) is 0 Å². The highest BCUT2D eigenvalue weighted by molar-refractivity contribution is 6.30. The van der Waals surface area contributed by atoms with Crippen LogP contribution in [0.3, 0.4) is 0 Å². The van der Waals surface area contributed by atoms with E-state index in [0.717, 1.165) is 31.4 Å². The number of amides is 1. The van der Waals surface area contributed by atoms with Gasteiger partial charge in [0.2, 0.25) is 0 Å². The molecule has 1 fully saturated rings. The first-order valence-corrected chi connectivity index (χ1v) is 11.1. The minimum Gasteiger partial charge on any atom is -0.465 e. The number of anilines is 3. The molecule has 3 N–H and O–H groups in total. The fraction of sp³-hybridized carbons (Fsp3) is 0.478. The third-order valence-electron chi connectivity index (χ3n) is 5.52. The number of rotatable bonds is 5. The fourth-order valence-electron chi connectivity index (χ4n) is 4.29. The lowest BCUT2D eigenvalue weighted by Gasteiger charge is -2.45. The van der Waals surface area contributed by atoms with Crippen LogP contribution >= 0.6 is 11.6 Å². The van der Waals surface area contributed by atoms with Crippen LogP contribution in [0.4, 0.5) is 22.0 Å². The molecule has 1 aliphatic carbocycles. The Balaban J connectivity index is 1.88. The number of hydrogen-bond donors (Lipinski definition) is 3. The SMILES string of the molecule is Cc1cc(Cl)cc(Nc2cc(N[C@@H]3CCCC[C@@H]3N(C(=O)O)C(C)(C)C)cnc2C#N)n1. The van der Waals surface area contributed by atoms with Crippen molar-refractivity contribution in [1.29, 1.82) is 5.26 Å². The molecule has 0 bridgehead atoms. The molecule has 0 saturated heterocycles. The van der Waals surface area contributed by atoms with Gasteiger partial charge in [0.25, 0.3) is 0 Å². The Kier molecular flexibility index (Phi) is 7.09. The van der Waals surface area contributed by atoms with E-state index >= 15 is 0 Å². The highest BCUT2D eigenvalue weighted by atomic mass is 35.5. The Hall–Kier alpha value is -3.05. The zero-order valence-corrected chi connectivity index (χ0v) is 19.6. The zero-order valence-electron chi connectivity index (χ0n) is 18.8. The van der Waals surface area contributed by atoms with E-state index in [1.165, 1.54) is 0 Å². The number of nitrogens with one attached hydrogen (secondary N) is 2. The van der Waals surface area contributed by atoms with Crippen LogP contribution in [0.2, 0.25) is 5.02 Å². The van der Waals surface area contributed by atoms with E-state index in [-0.39, 0.29) is 17.8 Å². The summed E-state index contributed by atoms with van der Waals surface area (Å²) >= 11 is 6.13.